The number of nitrogens with one attached hydrogen (secondary N) is 2. The lowest BCUT2D eigenvalue weighted by molar-refractivity contribution is -0.384. The number of hydrogen-bond acceptors (Lipinski definition) is 33. The summed E-state index contributed by atoms with van der Waals surface area (Å²) >= 11 is 8.94. The number of ketones is 1. The number of nitro groups is 1. The van der Waals surface area contributed by atoms with Crippen molar-refractivity contribution in [2.24, 2.45) is 5.84 Å². The minimum Gasteiger partial charge on any atom is -0.408 e. The molecule has 2 amide bonds. The lowest BCUT2D eigenvalue weighted by Crippen LogP contribution is -2.48. The van der Waals surface area contributed by atoms with Crippen LogP contribution in [0.25, 0.3) is 32.5 Å². The summed E-state index contributed by atoms with van der Waals surface area (Å²) in [5.41, 5.74) is 1.88. The fourth-order valence-corrected chi connectivity index (χ4v) is 14.7. The van der Waals surface area contributed by atoms with Crippen LogP contribution in [0.4, 0.5) is 5.69 Å². The number of hydrazine groups is 1. The maximum atomic E-state index is 12.3. The van der Waals surface area contributed by atoms with Gasteiger partial charge in [0, 0.05) is 74.1 Å². The van der Waals surface area contributed by atoms with Crippen LogP contribution < -0.4 is 16.6 Å². The lowest BCUT2D eigenvalue weighted by atomic mass is 10.2. The summed E-state index contributed by atoms with van der Waals surface area (Å²) in [4.78, 5) is 94.6. The molecule has 0 saturated heterocycles. The van der Waals surface area contributed by atoms with E-state index in [0.717, 1.165) is 45.6 Å². The standard InChI is InChI=1S/C15H25N3O3Si.C14H11N5O5S2.C14H22N4OSSi.C9H22N2O2Si.C8H8N4OS.C5H3ClN2O/c1-11(21-22(5,6)15(2,3)4)12(19)10-18-14(20)13-16-8-7-9-17-13;1-9(13-17-18-14(25-13)12-15-7-2-8-16-12)24-26(22,23)11-5-3-10(4-6-11)19(20)21;1-10(19-21(5,6)14(2,3)4)12-17-18-13(20-12)11-15-8-7-9-16-11;1-7(8(12)11-10)13-14(5,6)9(2,3)4;1-5(13)7-11-12-8(14-7)6-9-3-2-4-10-6;6-4(9)5-7-2-1-3-8-5/h7-9,11H,10H2,1-6H3,(H,18,20);2-9H,1H3;7-10H,1-6H3;7H,10H2,1-6H3,(H,11,12);2-5,13H,1H3;1-3H/t11-;9-;10-;7-;5-;/m11111./s1. The van der Waals surface area contributed by atoms with Crippen LogP contribution in [0.2, 0.25) is 54.4 Å². The number of carbonyl (C=O) groups is 4. The molecule has 5 atom stereocenters. The first-order chi connectivity index (χ1) is 49.3. The highest BCUT2D eigenvalue weighted by molar-refractivity contribution is 7.86. The number of nitro benzene ring substituents is 1. The normalized spacial score (nSPS) is 13.2. The molecule has 0 aliphatic carbocycles. The fourth-order valence-electron chi connectivity index (χ4n) is 7.07. The number of nitrogens with two attached hydrogens (primary N) is 1. The van der Waals surface area contributed by atoms with Crippen LogP contribution in [0, 0.1) is 10.1 Å². The molecule has 0 saturated carbocycles. The molecule has 8 heterocycles. The van der Waals surface area contributed by atoms with Gasteiger partial charge in [-0.2, -0.15) is 8.42 Å². The van der Waals surface area contributed by atoms with Gasteiger partial charge in [-0.15, -0.1) is 30.6 Å². The molecule has 33 nitrogen and oxygen atoms in total. The number of aromatic nitrogens is 16. The topological polar surface area (TPSA) is 459 Å². The Morgan fingerprint density at radius 2 is 0.877 bits per heavy atom. The van der Waals surface area contributed by atoms with E-state index in [1.807, 2.05) is 6.92 Å². The van der Waals surface area contributed by atoms with Gasteiger partial charge in [-0.1, -0.05) is 96.3 Å². The number of rotatable bonds is 22. The molecule has 0 radical (unpaired) electrons. The summed E-state index contributed by atoms with van der Waals surface area (Å²) in [6, 6.07) is 12.8. The van der Waals surface area contributed by atoms with Gasteiger partial charge in [0.05, 0.1) is 22.5 Å². The molecule has 0 aliphatic heterocycles. The number of aliphatic hydroxyl groups excluding tert-OH is 1. The van der Waals surface area contributed by atoms with Gasteiger partial charge < -0.3 is 23.7 Å². The van der Waals surface area contributed by atoms with Gasteiger partial charge in [0.15, 0.2) is 63.2 Å². The molecule has 1 aromatic carbocycles. The van der Waals surface area contributed by atoms with E-state index in [2.05, 4.69) is 193 Å². The Labute approximate surface area is 636 Å². The van der Waals surface area contributed by atoms with Crippen molar-refractivity contribution in [2.75, 3.05) is 6.54 Å². The van der Waals surface area contributed by atoms with Crippen molar-refractivity contribution in [3.05, 3.63) is 153 Å². The van der Waals surface area contributed by atoms with Gasteiger partial charge in [0.2, 0.25) is 11.6 Å². The first-order valence-electron chi connectivity index (χ1n) is 32.6. The zero-order valence-corrected chi connectivity index (χ0v) is 69.6. The van der Waals surface area contributed by atoms with Crippen LogP contribution in [-0.4, -0.2) is 165 Å². The summed E-state index contributed by atoms with van der Waals surface area (Å²) in [5.74, 6) is 5.76. The second kappa shape index (κ2) is 40.5. The van der Waals surface area contributed by atoms with Crippen molar-refractivity contribution in [3.8, 4) is 32.5 Å². The van der Waals surface area contributed by atoms with Gasteiger partial charge >= 0.3 is 0 Å². The second-order valence-corrected chi connectivity index (χ2v) is 46.5. The van der Waals surface area contributed by atoms with Crippen LogP contribution in [0.5, 0.6) is 0 Å². The smallest absolute Gasteiger partial charge is 0.297 e. The van der Waals surface area contributed by atoms with Gasteiger partial charge in [0.1, 0.15) is 39.4 Å². The van der Waals surface area contributed by atoms with Crippen LogP contribution >= 0.6 is 45.6 Å². The maximum Gasteiger partial charge on any atom is 0.297 e. The largest absolute Gasteiger partial charge is 0.408 e. The van der Waals surface area contributed by atoms with Gasteiger partial charge in [-0.05, 0) is 143 Å². The summed E-state index contributed by atoms with van der Waals surface area (Å²) in [5, 5.41) is 49.7. The van der Waals surface area contributed by atoms with Crippen LogP contribution in [-0.2, 0) is 37.2 Å². The third-order valence-electron chi connectivity index (χ3n) is 16.0. The monoisotopic (exact) mass is 1610 g/mol. The van der Waals surface area contributed by atoms with E-state index in [0.29, 0.717) is 37.5 Å². The van der Waals surface area contributed by atoms with E-state index in [9.17, 15) is 42.8 Å². The number of aliphatic hydroxyl groups is 1. The lowest BCUT2D eigenvalue weighted by Gasteiger charge is -2.38. The maximum absolute atomic E-state index is 12.3. The third kappa shape index (κ3) is 28.7. The van der Waals surface area contributed by atoms with Crippen molar-refractivity contribution in [1.29, 1.82) is 0 Å². The molecule has 0 bridgehead atoms. The molecule has 106 heavy (non-hydrogen) atoms. The Balaban J connectivity index is 0.000000276. The van der Waals surface area contributed by atoms with Crippen molar-refractivity contribution in [3.63, 3.8) is 0 Å². The van der Waals surface area contributed by atoms with E-state index < -0.39 is 75.6 Å². The Morgan fingerprint density at radius 3 is 1.22 bits per heavy atom. The summed E-state index contributed by atoms with van der Waals surface area (Å²) < 4.78 is 47.9. The summed E-state index contributed by atoms with van der Waals surface area (Å²) in [7, 11) is -9.81. The molecular weight excluding hydrogens is 1520 g/mol. The molecule has 9 rings (SSSR count). The molecule has 0 aliphatic rings. The Morgan fingerprint density at radius 1 is 0.538 bits per heavy atom. The molecule has 0 fully saturated rings. The molecule has 8 aromatic heterocycles. The second-order valence-electron chi connectivity index (χ2n) is 27.3. The first-order valence-corrected chi connectivity index (χ1v) is 45.5. The number of carbonyl (C=O) groups excluding carboxylic acids is 4. The number of halogens is 1. The van der Waals surface area contributed by atoms with E-state index in [1.165, 1.54) is 54.4 Å². The minimum atomic E-state index is -4.12. The van der Waals surface area contributed by atoms with E-state index >= 15 is 0 Å². The third-order valence-corrected chi connectivity index (χ3v) is 34.5. The van der Waals surface area contributed by atoms with E-state index in [1.54, 1.807) is 88.3 Å². The van der Waals surface area contributed by atoms with Crippen molar-refractivity contribution in [2.45, 2.75) is 187 Å². The molecule has 0 spiro atoms. The highest BCUT2D eigenvalue weighted by atomic mass is 35.5. The molecule has 572 valence electrons. The highest BCUT2D eigenvalue weighted by Gasteiger charge is 2.42. The fraction of sp³-hybridized carbons (Fsp3) is 0.446. The van der Waals surface area contributed by atoms with Gasteiger partial charge in [0.25, 0.3) is 32.9 Å². The van der Waals surface area contributed by atoms with E-state index in [-0.39, 0.29) is 61.7 Å². The SMILES string of the molecule is C[C@@H](O)c1nnc(-c2ncccn2)s1.C[C@@H](OS(=O)(=O)c1ccc([N+](=O)[O-])cc1)c1nnc(-c2ncccn2)s1.C[C@@H](O[Si](C)(C)C(C)(C)C)C(=O)CNC(=O)c1ncccn1.C[C@@H](O[Si](C)(C)C(C)(C)C)C(=O)NN.C[C@@H](O[Si](C)(C)C(C)(C)C)c1nnc(-c2ncccn2)s1.O=C(Cl)c1ncccn1. The van der Waals surface area contributed by atoms with Crippen LogP contribution in [0.1, 0.15) is 152 Å². The number of amides is 2. The zero-order chi connectivity index (χ0) is 79.6. The van der Waals surface area contributed by atoms with Gasteiger partial charge in [-0.3, -0.25) is 38.9 Å². The number of nitrogens with zero attached hydrogens (tertiary/aromatic N) is 17. The number of Topliss-reactive ketones (excluding diaryl/α,β-unsaturated/α-hetero) is 1. The van der Waals surface area contributed by atoms with Crippen molar-refractivity contribution in [1.82, 2.24) is 91.2 Å². The summed E-state index contributed by atoms with van der Waals surface area (Å²) in [6.07, 6.45) is 13.1. The number of non-ortho nitro benzene ring substituents is 1. The average Bonchev–Trinajstić information content (AvgIpc) is 1.52. The Hall–Kier alpha value is -8.37. The highest BCUT2D eigenvalue weighted by Crippen LogP contribution is 2.41. The zero-order valence-electron chi connectivity index (χ0n) is 62.6. The van der Waals surface area contributed by atoms with Crippen LogP contribution in [0.15, 0.2) is 121 Å². The Bertz CT molecular complexity index is 4340. The molecule has 9 aromatic rings. The van der Waals surface area contributed by atoms with Crippen LogP contribution in [0.3, 0.4) is 0 Å². The van der Waals surface area contributed by atoms with Crippen molar-refractivity contribution >= 4 is 109 Å². The molecule has 41 heteroatoms. The molecule has 0 unspecified atom stereocenters. The van der Waals surface area contributed by atoms with Gasteiger partial charge in [-0.25, -0.2) is 55.7 Å². The predicted octanol–water partition coefficient (Wildman–Crippen LogP) is 11.9. The Kier molecular flexibility index (Phi) is 34.4. The number of hydrogen-bond donors (Lipinski definition) is 4. The minimum absolute atomic E-state index is 0.0304. The first kappa shape index (κ1) is 90.0. The van der Waals surface area contributed by atoms with E-state index in [4.69, 9.17) is 34.9 Å². The molecular formula is C65H91ClN20O13S4Si3. The quantitative estimate of drug-likeness (QED) is 0.00931. The summed E-state index contributed by atoms with van der Waals surface area (Å²) in [6.45, 7) is 40.9. The predicted molar refractivity (Wildman–Crippen MR) is 409 cm³/mol. The average molecular weight is 1610 g/mol. The number of benzene rings is 1. The molecule has 5 N–H and O–H groups in total. The van der Waals surface area contributed by atoms with Crippen molar-refractivity contribution < 1.29 is 55.1 Å².